The third-order valence-electron chi connectivity index (χ3n) is 8.25. The van der Waals surface area contributed by atoms with E-state index in [1.165, 1.54) is 12.1 Å². The lowest BCUT2D eigenvalue weighted by atomic mass is 9.86. The zero-order chi connectivity index (χ0) is 37.3. The van der Waals surface area contributed by atoms with Gasteiger partial charge in [0.2, 0.25) is 0 Å². The topological polar surface area (TPSA) is 123 Å². The minimum absolute atomic E-state index is 0.166. The summed E-state index contributed by atoms with van der Waals surface area (Å²) in [5.74, 6) is -1.65. The van der Waals surface area contributed by atoms with Crippen molar-refractivity contribution in [3.8, 4) is 0 Å². The highest BCUT2D eigenvalue weighted by molar-refractivity contribution is 7.58. The molecule has 0 bridgehead atoms. The van der Waals surface area contributed by atoms with Crippen molar-refractivity contribution < 1.29 is 28.1 Å². The highest BCUT2D eigenvalue weighted by atomic mass is 31.2. The quantitative estimate of drug-likeness (QED) is 0.0636. The number of ether oxygens (including phenoxy) is 1. The number of dihydropyridines is 1. The van der Waals surface area contributed by atoms with E-state index >= 15 is 0 Å². The Morgan fingerprint density at radius 1 is 0.824 bits per heavy atom. The van der Waals surface area contributed by atoms with E-state index < -0.39 is 42.7 Å². The molecule has 1 unspecified atom stereocenters. The molecule has 51 heavy (non-hydrogen) atoms. The van der Waals surface area contributed by atoms with Crippen molar-refractivity contribution >= 4 is 19.3 Å². The zero-order valence-corrected chi connectivity index (χ0v) is 31.8. The van der Waals surface area contributed by atoms with Crippen molar-refractivity contribution in [3.05, 3.63) is 134 Å². The van der Waals surface area contributed by atoms with Crippen molar-refractivity contribution in [2.75, 3.05) is 27.2 Å². The van der Waals surface area contributed by atoms with E-state index in [9.17, 15) is 19.5 Å². The molecule has 11 nitrogen and oxygen atoms in total. The van der Waals surface area contributed by atoms with Crippen LogP contribution >= 0.6 is 7.60 Å². The number of carbonyl (C=O) groups excluding carboxylic acids is 1. The minimum Gasteiger partial charge on any atom is -0.456 e. The van der Waals surface area contributed by atoms with Crippen LogP contribution in [-0.4, -0.2) is 66.2 Å². The number of esters is 1. The molecule has 0 aromatic heterocycles. The van der Waals surface area contributed by atoms with Gasteiger partial charge in [-0.3, -0.25) is 24.5 Å². The minimum atomic E-state index is -4.10. The summed E-state index contributed by atoms with van der Waals surface area (Å²) in [7, 11) is -0.130. The second-order valence-electron chi connectivity index (χ2n) is 13.7. The van der Waals surface area contributed by atoms with Gasteiger partial charge in [0.15, 0.2) is 0 Å². The molecule has 0 spiro atoms. The Morgan fingerprint density at radius 2 is 1.33 bits per heavy atom. The van der Waals surface area contributed by atoms with Crippen LogP contribution in [0.2, 0.25) is 0 Å². The monoisotopic (exact) mass is 718 g/mol. The Bertz CT molecular complexity index is 1700. The van der Waals surface area contributed by atoms with Crippen LogP contribution < -0.4 is 5.32 Å². The SMILES string of the molecule is CC1=C(C(=O)OC(CN(C)Cc2ccccc2)CN(C)Cc2ccccc2)C(c2cccc([N+](=O)[O-])c2)C(P(=O)(OC(C)C)OC(C)C)=C(C)N1. The highest BCUT2D eigenvalue weighted by Crippen LogP contribution is 2.65. The predicted molar refractivity (Wildman–Crippen MR) is 200 cm³/mol. The summed E-state index contributed by atoms with van der Waals surface area (Å²) in [5.41, 5.74) is 3.61. The molecular weight excluding hydrogens is 667 g/mol. The third kappa shape index (κ3) is 10.9. The standard InChI is InChI=1S/C39H51N4O7P/c1-27(2)49-51(47,50-28(3)4)38-30(6)40-29(5)36(37(38)33-20-15-21-34(22-33)43(45)46)39(44)48-35(25-41(7)23-31-16-11-9-12-17-31)26-42(8)24-32-18-13-10-14-19-32/h9-22,27-28,35,37,40H,23-26H2,1-8H3. The van der Waals surface area contributed by atoms with Crippen molar-refractivity contribution in [3.63, 3.8) is 0 Å². The van der Waals surface area contributed by atoms with E-state index in [0.29, 0.717) is 43.1 Å². The van der Waals surface area contributed by atoms with Gasteiger partial charge in [-0.2, -0.15) is 0 Å². The van der Waals surface area contributed by atoms with Crippen LogP contribution in [0, 0.1) is 10.1 Å². The Kier molecular flexibility index (Phi) is 13.9. The number of benzene rings is 3. The average Bonchev–Trinajstić information content (AvgIpc) is 3.04. The lowest BCUT2D eigenvalue weighted by Gasteiger charge is -2.36. The fraction of sp³-hybridized carbons (Fsp3) is 0.410. The van der Waals surface area contributed by atoms with Gasteiger partial charge in [0.1, 0.15) is 6.10 Å². The van der Waals surface area contributed by atoms with Gasteiger partial charge in [-0.05, 0) is 72.3 Å². The Morgan fingerprint density at radius 3 is 1.80 bits per heavy atom. The molecule has 1 N–H and O–H groups in total. The molecule has 3 aromatic carbocycles. The number of hydrogen-bond donors (Lipinski definition) is 1. The molecule has 3 aromatic rings. The fourth-order valence-corrected chi connectivity index (χ4v) is 8.86. The summed E-state index contributed by atoms with van der Waals surface area (Å²) in [6.07, 6.45) is -1.56. The smallest absolute Gasteiger partial charge is 0.360 e. The van der Waals surface area contributed by atoms with Crippen LogP contribution in [0.4, 0.5) is 5.69 Å². The number of non-ortho nitro benzene ring substituents is 1. The Hall–Kier alpha value is -4.12. The van der Waals surface area contributed by atoms with E-state index in [1.54, 1.807) is 53.7 Å². The molecule has 0 aliphatic carbocycles. The van der Waals surface area contributed by atoms with Gasteiger partial charge in [-0.15, -0.1) is 0 Å². The zero-order valence-electron chi connectivity index (χ0n) is 30.9. The first-order chi connectivity index (χ1) is 24.2. The summed E-state index contributed by atoms with van der Waals surface area (Å²) in [4.78, 5) is 30.3. The first kappa shape index (κ1) is 39.7. The second-order valence-corrected chi connectivity index (χ2v) is 15.6. The lowest BCUT2D eigenvalue weighted by Crippen LogP contribution is -2.41. The average molecular weight is 719 g/mol. The van der Waals surface area contributed by atoms with E-state index in [4.69, 9.17) is 13.8 Å². The number of hydrogen-bond acceptors (Lipinski definition) is 10. The molecule has 1 atom stereocenters. The van der Waals surface area contributed by atoms with Crippen molar-refractivity contribution in [1.82, 2.24) is 15.1 Å². The molecule has 0 amide bonds. The second kappa shape index (κ2) is 17.9. The first-order valence-electron chi connectivity index (χ1n) is 17.2. The summed E-state index contributed by atoms with van der Waals surface area (Å²) < 4.78 is 33.4. The van der Waals surface area contributed by atoms with Crippen molar-refractivity contribution in [1.29, 1.82) is 0 Å². The van der Waals surface area contributed by atoms with E-state index in [0.717, 1.165) is 11.1 Å². The number of nitro groups is 1. The predicted octanol–water partition coefficient (Wildman–Crippen LogP) is 8.01. The van der Waals surface area contributed by atoms with Gasteiger partial charge in [0.05, 0.1) is 33.9 Å². The number of likely N-dealkylation sites (N-methyl/N-ethyl adjacent to an activating group) is 2. The molecule has 0 fully saturated rings. The number of allylic oxidation sites excluding steroid dienone is 3. The summed E-state index contributed by atoms with van der Waals surface area (Å²) >= 11 is 0. The van der Waals surface area contributed by atoms with Crippen LogP contribution in [0.25, 0.3) is 0 Å². The maximum atomic E-state index is 14.9. The molecular formula is C39H51N4O7P. The van der Waals surface area contributed by atoms with Crippen LogP contribution in [0.15, 0.2) is 107 Å². The molecule has 274 valence electrons. The van der Waals surface area contributed by atoms with E-state index in [1.807, 2.05) is 50.5 Å². The fourth-order valence-electron chi connectivity index (χ4n) is 6.41. The third-order valence-corrected chi connectivity index (χ3v) is 10.8. The largest absolute Gasteiger partial charge is 0.456 e. The molecule has 1 aliphatic rings. The number of nitrogens with one attached hydrogen (secondary N) is 1. The first-order valence-corrected chi connectivity index (χ1v) is 18.8. The molecule has 0 saturated heterocycles. The Labute approximate surface area is 302 Å². The van der Waals surface area contributed by atoms with Gasteiger partial charge in [-0.25, -0.2) is 4.79 Å². The van der Waals surface area contributed by atoms with Crippen molar-refractivity contribution in [2.45, 2.75) is 78.9 Å². The molecule has 12 heteroatoms. The van der Waals surface area contributed by atoms with E-state index in [2.05, 4.69) is 39.4 Å². The van der Waals surface area contributed by atoms with Crippen LogP contribution in [-0.2, 0) is 36.2 Å². The van der Waals surface area contributed by atoms with Gasteiger partial charge in [-0.1, -0.05) is 72.8 Å². The molecule has 1 aliphatic heterocycles. The number of rotatable bonds is 17. The number of carbonyl (C=O) groups is 1. The molecule has 1 heterocycles. The van der Waals surface area contributed by atoms with Crippen molar-refractivity contribution in [2.24, 2.45) is 0 Å². The van der Waals surface area contributed by atoms with Crippen LogP contribution in [0.1, 0.15) is 64.2 Å². The molecule has 0 radical (unpaired) electrons. The van der Waals surface area contributed by atoms with Crippen LogP contribution in [0.5, 0.6) is 0 Å². The molecule has 0 saturated carbocycles. The van der Waals surface area contributed by atoms with Gasteiger partial charge < -0.3 is 19.1 Å². The normalized spacial score (nSPS) is 15.4. The maximum Gasteiger partial charge on any atom is 0.360 e. The summed E-state index contributed by atoms with van der Waals surface area (Å²) in [6, 6.07) is 26.1. The number of nitrogens with zero attached hydrogens (tertiary/aromatic N) is 3. The molecule has 4 rings (SSSR count). The summed E-state index contributed by atoms with van der Waals surface area (Å²) in [6.45, 7) is 12.6. The van der Waals surface area contributed by atoms with E-state index in [-0.39, 0.29) is 16.6 Å². The number of nitro benzene ring substituents is 1. The lowest BCUT2D eigenvalue weighted by molar-refractivity contribution is -0.384. The van der Waals surface area contributed by atoms with Gasteiger partial charge >= 0.3 is 13.6 Å². The summed E-state index contributed by atoms with van der Waals surface area (Å²) in [5, 5.41) is 15.4. The van der Waals surface area contributed by atoms with Crippen LogP contribution in [0.3, 0.4) is 0 Å². The van der Waals surface area contributed by atoms with Gasteiger partial charge in [0, 0.05) is 49.7 Å². The Balaban J connectivity index is 1.76. The maximum absolute atomic E-state index is 14.9. The van der Waals surface area contributed by atoms with Gasteiger partial charge in [0.25, 0.3) is 5.69 Å². The highest BCUT2D eigenvalue weighted by Gasteiger charge is 2.46.